The number of methoxy groups -OCH3 is 1. The molecule has 0 radical (unpaired) electrons. The highest BCUT2D eigenvalue weighted by molar-refractivity contribution is 5.93. The van der Waals surface area contributed by atoms with Crippen LogP contribution in [0.2, 0.25) is 0 Å². The van der Waals surface area contributed by atoms with Gasteiger partial charge in [-0.25, -0.2) is 9.97 Å². The molecule has 1 aromatic carbocycles. The SMILES string of the molecule is COc1ccccc1CCNc1cc(C(=O)N2CCCC2)ncn1. The third kappa shape index (κ3) is 3.82. The Hall–Kier alpha value is -2.63. The molecule has 0 saturated carbocycles. The minimum absolute atomic E-state index is 0.0114. The summed E-state index contributed by atoms with van der Waals surface area (Å²) in [6.45, 7) is 2.34. The zero-order chi connectivity index (χ0) is 16.8. The van der Waals surface area contributed by atoms with E-state index in [9.17, 15) is 4.79 Å². The van der Waals surface area contributed by atoms with Gasteiger partial charge in [-0.2, -0.15) is 0 Å². The normalized spacial score (nSPS) is 13.8. The lowest BCUT2D eigenvalue weighted by Crippen LogP contribution is -2.28. The Kier molecular flexibility index (Phi) is 5.25. The van der Waals surface area contributed by atoms with Crippen LogP contribution < -0.4 is 10.1 Å². The van der Waals surface area contributed by atoms with E-state index in [2.05, 4.69) is 15.3 Å². The quantitative estimate of drug-likeness (QED) is 0.883. The largest absolute Gasteiger partial charge is 0.496 e. The van der Waals surface area contributed by atoms with Gasteiger partial charge >= 0.3 is 0 Å². The number of ether oxygens (including phenoxy) is 1. The van der Waals surface area contributed by atoms with Gasteiger partial charge in [-0.1, -0.05) is 18.2 Å². The number of hydrogen-bond donors (Lipinski definition) is 1. The van der Waals surface area contributed by atoms with E-state index in [1.165, 1.54) is 6.33 Å². The summed E-state index contributed by atoms with van der Waals surface area (Å²) in [5, 5.41) is 3.25. The third-order valence-electron chi connectivity index (χ3n) is 4.17. The maximum Gasteiger partial charge on any atom is 0.272 e. The number of carbonyl (C=O) groups excluding carboxylic acids is 1. The Balaban J connectivity index is 1.59. The first-order chi connectivity index (χ1) is 11.8. The fraction of sp³-hybridized carbons (Fsp3) is 0.389. The molecule has 0 aliphatic carbocycles. The smallest absolute Gasteiger partial charge is 0.272 e. The summed E-state index contributed by atoms with van der Waals surface area (Å²) in [4.78, 5) is 22.5. The molecule has 3 rings (SSSR count). The molecule has 1 aromatic heterocycles. The fourth-order valence-electron chi connectivity index (χ4n) is 2.89. The van der Waals surface area contributed by atoms with Gasteiger partial charge in [-0.3, -0.25) is 4.79 Å². The maximum absolute atomic E-state index is 12.4. The van der Waals surface area contributed by atoms with Crippen LogP contribution in [-0.2, 0) is 6.42 Å². The van der Waals surface area contributed by atoms with Crippen molar-refractivity contribution in [2.75, 3.05) is 32.1 Å². The Morgan fingerprint density at radius 2 is 2.04 bits per heavy atom. The Morgan fingerprint density at radius 1 is 1.25 bits per heavy atom. The van der Waals surface area contributed by atoms with Gasteiger partial charge in [-0.15, -0.1) is 0 Å². The number of anilines is 1. The lowest BCUT2D eigenvalue weighted by molar-refractivity contribution is 0.0787. The van der Waals surface area contributed by atoms with Crippen LogP contribution in [0.4, 0.5) is 5.82 Å². The van der Waals surface area contributed by atoms with Crippen molar-refractivity contribution in [3.05, 3.63) is 47.9 Å². The molecule has 6 heteroatoms. The van der Waals surface area contributed by atoms with Crippen molar-refractivity contribution in [2.45, 2.75) is 19.3 Å². The molecule has 1 N–H and O–H groups in total. The molecule has 1 aliphatic heterocycles. The number of benzene rings is 1. The zero-order valence-corrected chi connectivity index (χ0v) is 13.9. The highest BCUT2D eigenvalue weighted by Gasteiger charge is 2.20. The van der Waals surface area contributed by atoms with Crippen LogP contribution in [-0.4, -0.2) is 47.5 Å². The molecule has 126 valence electrons. The molecule has 6 nitrogen and oxygen atoms in total. The van der Waals surface area contributed by atoms with Gasteiger partial charge in [0.15, 0.2) is 0 Å². The second-order valence-electron chi connectivity index (χ2n) is 5.78. The Bertz CT molecular complexity index is 699. The van der Waals surface area contributed by atoms with Crippen molar-refractivity contribution < 1.29 is 9.53 Å². The van der Waals surface area contributed by atoms with Gasteiger partial charge < -0.3 is 15.0 Å². The van der Waals surface area contributed by atoms with Crippen LogP contribution in [0.3, 0.4) is 0 Å². The number of nitrogens with one attached hydrogen (secondary N) is 1. The van der Waals surface area contributed by atoms with E-state index in [0.29, 0.717) is 18.1 Å². The maximum atomic E-state index is 12.4. The summed E-state index contributed by atoms with van der Waals surface area (Å²) in [7, 11) is 1.67. The molecule has 0 spiro atoms. The number of rotatable bonds is 6. The molecule has 2 aromatic rings. The number of para-hydroxylation sites is 1. The molecule has 0 atom stereocenters. The van der Waals surface area contributed by atoms with Crippen molar-refractivity contribution in [3.8, 4) is 5.75 Å². The predicted molar refractivity (Wildman–Crippen MR) is 92.4 cm³/mol. The third-order valence-corrected chi connectivity index (χ3v) is 4.17. The zero-order valence-electron chi connectivity index (χ0n) is 13.9. The highest BCUT2D eigenvalue weighted by Crippen LogP contribution is 2.18. The van der Waals surface area contributed by atoms with Gasteiger partial charge in [-0.05, 0) is 30.9 Å². The summed E-state index contributed by atoms with van der Waals surface area (Å²) in [6, 6.07) is 9.67. The first-order valence-electron chi connectivity index (χ1n) is 8.25. The molecular formula is C18H22N4O2. The fourth-order valence-corrected chi connectivity index (χ4v) is 2.89. The highest BCUT2D eigenvalue weighted by atomic mass is 16.5. The number of hydrogen-bond acceptors (Lipinski definition) is 5. The molecule has 1 saturated heterocycles. The van der Waals surface area contributed by atoms with E-state index in [1.54, 1.807) is 13.2 Å². The molecule has 1 amide bonds. The lowest BCUT2D eigenvalue weighted by atomic mass is 10.1. The van der Waals surface area contributed by atoms with Crippen LogP contribution in [0.5, 0.6) is 5.75 Å². The number of likely N-dealkylation sites (tertiary alicyclic amines) is 1. The van der Waals surface area contributed by atoms with Crippen molar-refractivity contribution in [1.29, 1.82) is 0 Å². The van der Waals surface area contributed by atoms with Gasteiger partial charge in [0, 0.05) is 25.7 Å². The first-order valence-corrected chi connectivity index (χ1v) is 8.25. The summed E-state index contributed by atoms with van der Waals surface area (Å²) in [5.41, 5.74) is 1.58. The minimum atomic E-state index is -0.0114. The number of aromatic nitrogens is 2. The predicted octanol–water partition coefficient (Wildman–Crippen LogP) is 2.38. The van der Waals surface area contributed by atoms with Crippen molar-refractivity contribution >= 4 is 11.7 Å². The molecular weight excluding hydrogens is 304 g/mol. The molecule has 1 aliphatic rings. The van der Waals surface area contributed by atoms with Crippen LogP contribution in [0, 0.1) is 0 Å². The van der Waals surface area contributed by atoms with Gasteiger partial charge in [0.25, 0.3) is 5.91 Å². The van der Waals surface area contributed by atoms with Gasteiger partial charge in [0.05, 0.1) is 7.11 Å². The summed E-state index contributed by atoms with van der Waals surface area (Å²) >= 11 is 0. The van der Waals surface area contributed by atoms with Gasteiger partial charge in [0.2, 0.25) is 0 Å². The number of amides is 1. The van der Waals surface area contributed by atoms with E-state index in [4.69, 9.17) is 4.74 Å². The molecule has 0 bridgehead atoms. The first kappa shape index (κ1) is 16.2. The van der Waals surface area contributed by atoms with Crippen LogP contribution in [0.15, 0.2) is 36.7 Å². The van der Waals surface area contributed by atoms with E-state index in [-0.39, 0.29) is 5.91 Å². The second-order valence-corrected chi connectivity index (χ2v) is 5.78. The Morgan fingerprint density at radius 3 is 2.83 bits per heavy atom. The topological polar surface area (TPSA) is 67.3 Å². The standard InChI is InChI=1S/C18H22N4O2/c1-24-16-7-3-2-6-14(16)8-9-19-17-12-15(20-13-21-17)18(23)22-10-4-5-11-22/h2-3,6-7,12-13H,4-5,8-11H2,1H3,(H,19,20,21). The van der Waals surface area contributed by atoms with Crippen molar-refractivity contribution in [2.24, 2.45) is 0 Å². The summed E-state index contributed by atoms with van der Waals surface area (Å²) in [6.07, 6.45) is 4.39. The van der Waals surface area contributed by atoms with Crippen LogP contribution >= 0.6 is 0 Å². The van der Waals surface area contributed by atoms with Crippen molar-refractivity contribution in [3.63, 3.8) is 0 Å². The summed E-state index contributed by atoms with van der Waals surface area (Å²) < 4.78 is 5.35. The van der Waals surface area contributed by atoms with E-state index in [0.717, 1.165) is 43.7 Å². The van der Waals surface area contributed by atoms with Gasteiger partial charge in [0.1, 0.15) is 23.6 Å². The Labute approximate surface area is 141 Å². The van der Waals surface area contributed by atoms with E-state index >= 15 is 0 Å². The van der Waals surface area contributed by atoms with Crippen LogP contribution in [0.1, 0.15) is 28.9 Å². The lowest BCUT2D eigenvalue weighted by Gasteiger charge is -2.15. The molecule has 0 unspecified atom stereocenters. The van der Waals surface area contributed by atoms with Crippen LogP contribution in [0.25, 0.3) is 0 Å². The average Bonchev–Trinajstić information content (AvgIpc) is 3.16. The monoisotopic (exact) mass is 326 g/mol. The molecule has 1 fully saturated rings. The van der Waals surface area contributed by atoms with Crippen molar-refractivity contribution in [1.82, 2.24) is 14.9 Å². The second kappa shape index (κ2) is 7.77. The minimum Gasteiger partial charge on any atom is -0.496 e. The molecule has 24 heavy (non-hydrogen) atoms. The van der Waals surface area contributed by atoms with E-state index < -0.39 is 0 Å². The number of nitrogens with zero attached hydrogens (tertiary/aromatic N) is 3. The summed E-state index contributed by atoms with van der Waals surface area (Å²) in [5.74, 6) is 1.54. The average molecular weight is 326 g/mol. The molecule has 2 heterocycles. The number of carbonyl (C=O) groups is 1. The van der Waals surface area contributed by atoms with E-state index in [1.807, 2.05) is 29.2 Å².